The fraction of sp³-hybridized carbons (Fsp3) is 0.267. The van der Waals surface area contributed by atoms with E-state index in [2.05, 4.69) is 5.32 Å². The number of fused-ring (bicyclic) bond motifs is 1. The minimum absolute atomic E-state index is 0.306. The maximum absolute atomic E-state index is 11.2. The summed E-state index contributed by atoms with van der Waals surface area (Å²) in [6, 6.07) is 10.8. The number of hydrogen-bond donors (Lipinski definition) is 2. The first-order valence-electron chi connectivity index (χ1n) is 6.38. The molecule has 1 atom stereocenters. The molecule has 0 aliphatic rings. The second kappa shape index (κ2) is 6.52. The van der Waals surface area contributed by atoms with Crippen LogP contribution in [0.1, 0.15) is 16.8 Å². The smallest absolute Gasteiger partial charge is 0.336 e. The minimum Gasteiger partial charge on any atom is -0.478 e. The molecule has 0 heterocycles. The van der Waals surface area contributed by atoms with E-state index < -0.39 is 16.8 Å². The van der Waals surface area contributed by atoms with Crippen molar-refractivity contribution in [2.24, 2.45) is 0 Å². The average molecular weight is 291 g/mol. The minimum atomic E-state index is -0.922. The molecule has 2 rings (SSSR count). The van der Waals surface area contributed by atoms with Crippen LogP contribution in [0.4, 0.5) is 5.69 Å². The lowest BCUT2D eigenvalue weighted by molar-refractivity contribution is 0.0699. The van der Waals surface area contributed by atoms with Gasteiger partial charge in [-0.05, 0) is 23.9 Å². The van der Waals surface area contributed by atoms with Gasteiger partial charge in [0.2, 0.25) is 0 Å². The fourth-order valence-corrected chi connectivity index (χ4v) is 2.69. The van der Waals surface area contributed by atoms with Crippen LogP contribution in [0.15, 0.2) is 36.4 Å². The molecule has 20 heavy (non-hydrogen) atoms. The molecular formula is C15H17NO3S. The van der Waals surface area contributed by atoms with Gasteiger partial charge < -0.3 is 10.4 Å². The predicted molar refractivity (Wildman–Crippen MR) is 82.9 cm³/mol. The molecule has 0 amide bonds. The SMILES string of the molecule is CS(=O)CCCNc1ccc(C(=O)O)c2ccccc12. The summed E-state index contributed by atoms with van der Waals surface area (Å²) in [4.78, 5) is 11.2. The van der Waals surface area contributed by atoms with Crippen molar-refractivity contribution in [3.63, 3.8) is 0 Å². The van der Waals surface area contributed by atoms with Crippen molar-refractivity contribution >= 4 is 33.2 Å². The number of nitrogens with one attached hydrogen (secondary N) is 1. The molecule has 0 saturated carbocycles. The molecule has 2 aromatic carbocycles. The van der Waals surface area contributed by atoms with E-state index in [0.717, 1.165) is 29.4 Å². The Kier molecular flexibility index (Phi) is 4.74. The van der Waals surface area contributed by atoms with Gasteiger partial charge in [-0.1, -0.05) is 24.3 Å². The number of aromatic carboxylic acids is 1. The molecule has 0 aliphatic heterocycles. The first-order valence-corrected chi connectivity index (χ1v) is 8.11. The lowest BCUT2D eigenvalue weighted by Crippen LogP contribution is -2.07. The van der Waals surface area contributed by atoms with E-state index in [0.29, 0.717) is 11.3 Å². The van der Waals surface area contributed by atoms with Crippen LogP contribution in [0.2, 0.25) is 0 Å². The quantitative estimate of drug-likeness (QED) is 0.803. The Morgan fingerprint density at radius 1 is 1.20 bits per heavy atom. The van der Waals surface area contributed by atoms with Crippen molar-refractivity contribution in [3.8, 4) is 0 Å². The van der Waals surface area contributed by atoms with Gasteiger partial charge in [-0.3, -0.25) is 4.21 Å². The first-order chi connectivity index (χ1) is 9.59. The molecule has 5 heteroatoms. The fourth-order valence-electron chi connectivity index (χ4n) is 2.14. The van der Waals surface area contributed by atoms with Crippen molar-refractivity contribution in [1.29, 1.82) is 0 Å². The number of benzene rings is 2. The molecule has 2 N–H and O–H groups in total. The van der Waals surface area contributed by atoms with Crippen LogP contribution in [0.5, 0.6) is 0 Å². The molecule has 0 radical (unpaired) electrons. The summed E-state index contributed by atoms with van der Waals surface area (Å²) < 4.78 is 11.0. The van der Waals surface area contributed by atoms with E-state index in [1.165, 1.54) is 0 Å². The van der Waals surface area contributed by atoms with Gasteiger partial charge in [0.15, 0.2) is 0 Å². The highest BCUT2D eigenvalue weighted by molar-refractivity contribution is 7.84. The largest absolute Gasteiger partial charge is 0.478 e. The van der Waals surface area contributed by atoms with E-state index >= 15 is 0 Å². The lowest BCUT2D eigenvalue weighted by atomic mass is 10.0. The molecule has 0 aromatic heterocycles. The summed E-state index contributed by atoms with van der Waals surface area (Å²) in [5.41, 5.74) is 1.22. The number of rotatable bonds is 6. The van der Waals surface area contributed by atoms with Gasteiger partial charge in [0.1, 0.15) is 0 Å². The molecular weight excluding hydrogens is 274 g/mol. The third-order valence-electron chi connectivity index (χ3n) is 3.08. The van der Waals surface area contributed by atoms with Crippen LogP contribution in [-0.2, 0) is 10.8 Å². The zero-order valence-corrected chi connectivity index (χ0v) is 12.1. The van der Waals surface area contributed by atoms with E-state index in [9.17, 15) is 14.1 Å². The van der Waals surface area contributed by atoms with E-state index in [1.54, 1.807) is 18.4 Å². The van der Waals surface area contributed by atoms with Crippen molar-refractivity contribution in [2.75, 3.05) is 23.9 Å². The number of carboxylic acid groups (broad SMARTS) is 1. The molecule has 0 spiro atoms. The van der Waals surface area contributed by atoms with Gasteiger partial charge in [0.25, 0.3) is 0 Å². The Morgan fingerprint density at radius 2 is 1.90 bits per heavy atom. The summed E-state index contributed by atoms with van der Waals surface area (Å²) in [7, 11) is -0.778. The van der Waals surface area contributed by atoms with Gasteiger partial charge in [-0.15, -0.1) is 0 Å². The topological polar surface area (TPSA) is 66.4 Å². The van der Waals surface area contributed by atoms with Gasteiger partial charge in [0, 0.05) is 40.4 Å². The van der Waals surface area contributed by atoms with Crippen molar-refractivity contribution in [2.45, 2.75) is 6.42 Å². The number of anilines is 1. The van der Waals surface area contributed by atoms with Gasteiger partial charge >= 0.3 is 5.97 Å². The maximum atomic E-state index is 11.2. The third-order valence-corrected chi connectivity index (χ3v) is 3.94. The highest BCUT2D eigenvalue weighted by atomic mass is 32.2. The van der Waals surface area contributed by atoms with Crippen molar-refractivity contribution in [3.05, 3.63) is 42.0 Å². The zero-order valence-electron chi connectivity index (χ0n) is 11.3. The Labute approximate surface area is 120 Å². The summed E-state index contributed by atoms with van der Waals surface area (Å²) in [5, 5.41) is 14.1. The standard InChI is InChI=1S/C15H17NO3S/c1-20(19)10-4-9-16-14-8-7-13(15(17)18)11-5-2-3-6-12(11)14/h2-3,5-8,16H,4,9-10H2,1H3,(H,17,18). The summed E-state index contributed by atoms with van der Waals surface area (Å²) in [6.45, 7) is 0.718. The summed E-state index contributed by atoms with van der Waals surface area (Å²) in [5.74, 6) is -0.257. The number of carboxylic acids is 1. The number of carbonyl (C=O) groups is 1. The van der Waals surface area contributed by atoms with Crippen LogP contribution >= 0.6 is 0 Å². The van der Waals surface area contributed by atoms with Crippen LogP contribution < -0.4 is 5.32 Å². The van der Waals surface area contributed by atoms with Crippen molar-refractivity contribution < 1.29 is 14.1 Å². The van der Waals surface area contributed by atoms with Crippen molar-refractivity contribution in [1.82, 2.24) is 0 Å². The molecule has 0 bridgehead atoms. The molecule has 0 fully saturated rings. The van der Waals surface area contributed by atoms with E-state index in [1.807, 2.05) is 24.3 Å². The first kappa shape index (κ1) is 14.5. The third kappa shape index (κ3) is 3.36. The zero-order chi connectivity index (χ0) is 14.5. The highest BCUT2D eigenvalue weighted by Gasteiger charge is 2.10. The lowest BCUT2D eigenvalue weighted by Gasteiger charge is -2.11. The summed E-state index contributed by atoms with van der Waals surface area (Å²) >= 11 is 0. The van der Waals surface area contributed by atoms with Gasteiger partial charge in [-0.25, -0.2) is 4.79 Å². The molecule has 0 aliphatic carbocycles. The van der Waals surface area contributed by atoms with Gasteiger partial charge in [-0.2, -0.15) is 0 Å². The van der Waals surface area contributed by atoms with Crippen LogP contribution in [0.25, 0.3) is 10.8 Å². The second-order valence-electron chi connectivity index (χ2n) is 4.57. The number of hydrogen-bond acceptors (Lipinski definition) is 3. The Hall–Kier alpha value is -1.88. The second-order valence-corrected chi connectivity index (χ2v) is 6.12. The van der Waals surface area contributed by atoms with Crippen LogP contribution in [0.3, 0.4) is 0 Å². The highest BCUT2D eigenvalue weighted by Crippen LogP contribution is 2.26. The molecule has 0 saturated heterocycles. The monoisotopic (exact) mass is 291 g/mol. The Balaban J connectivity index is 2.24. The molecule has 2 aromatic rings. The Morgan fingerprint density at radius 3 is 2.55 bits per heavy atom. The van der Waals surface area contributed by atoms with Crippen LogP contribution in [-0.4, -0.2) is 33.8 Å². The normalized spacial score (nSPS) is 12.2. The average Bonchev–Trinajstić information content (AvgIpc) is 2.43. The van der Waals surface area contributed by atoms with Gasteiger partial charge in [0.05, 0.1) is 5.56 Å². The van der Waals surface area contributed by atoms with E-state index in [-0.39, 0.29) is 0 Å². The Bertz CT molecular complexity index is 655. The predicted octanol–water partition coefficient (Wildman–Crippen LogP) is 2.72. The maximum Gasteiger partial charge on any atom is 0.336 e. The van der Waals surface area contributed by atoms with E-state index in [4.69, 9.17) is 0 Å². The molecule has 4 nitrogen and oxygen atoms in total. The summed E-state index contributed by atoms with van der Waals surface area (Å²) in [6.07, 6.45) is 2.51. The molecule has 106 valence electrons. The molecule has 1 unspecified atom stereocenters. The van der Waals surface area contributed by atoms with Crippen LogP contribution in [0, 0.1) is 0 Å².